The second kappa shape index (κ2) is 4.66. The van der Waals surface area contributed by atoms with E-state index in [1.54, 1.807) is 6.92 Å². The molecule has 0 spiro atoms. The molecular weight excluding hydrogens is 294 g/mol. The molecule has 0 atom stereocenters. The summed E-state index contributed by atoms with van der Waals surface area (Å²) in [5.74, 6) is -1.48. The minimum Gasteiger partial charge on any atom is -0.480 e. The molecule has 8 heteroatoms. The highest BCUT2D eigenvalue weighted by atomic mass is 32.1. The molecule has 0 bridgehead atoms. The van der Waals surface area contributed by atoms with Gasteiger partial charge in [0.1, 0.15) is 10.4 Å². The molecule has 2 aromatic heterocycles. The zero-order chi connectivity index (χ0) is 15.2. The number of thiophene rings is 1. The lowest BCUT2D eigenvalue weighted by atomic mass is 9.76. The van der Waals surface area contributed by atoms with E-state index < -0.39 is 17.4 Å². The molecule has 110 valence electrons. The molecule has 2 aromatic rings. The summed E-state index contributed by atoms with van der Waals surface area (Å²) in [6.45, 7) is 1.67. The number of aryl methyl sites for hydroxylation is 1. The molecule has 1 saturated carbocycles. The van der Waals surface area contributed by atoms with Gasteiger partial charge in [-0.2, -0.15) is 0 Å². The smallest absolute Gasteiger partial charge is 0.329 e. The second-order valence-electron chi connectivity index (χ2n) is 5.16. The number of nitrogens with zero attached hydrogens (tertiary/aromatic N) is 1. The number of nitrogens with one attached hydrogen (secondary N) is 2. The summed E-state index contributed by atoms with van der Waals surface area (Å²) >= 11 is 1.10. The van der Waals surface area contributed by atoms with Crippen molar-refractivity contribution in [2.75, 3.05) is 0 Å². The van der Waals surface area contributed by atoms with Crippen molar-refractivity contribution in [2.24, 2.45) is 0 Å². The van der Waals surface area contributed by atoms with Gasteiger partial charge >= 0.3 is 5.97 Å². The second-order valence-corrected chi connectivity index (χ2v) is 6.16. The highest BCUT2D eigenvalue weighted by molar-refractivity contribution is 7.20. The standard InChI is InChI=1S/C13H13N3O4S/c1-6-7-9(17)14-5-15-11(7)21-8(6)10(18)16-13(12(19)20)3-2-4-13/h5H,2-4H2,1H3,(H,16,18)(H,19,20)(H,14,15,17). The molecule has 1 aliphatic rings. The third-order valence-corrected chi connectivity index (χ3v) is 5.11. The first-order valence-corrected chi connectivity index (χ1v) is 7.29. The van der Waals surface area contributed by atoms with Crippen LogP contribution in [0, 0.1) is 6.92 Å². The summed E-state index contributed by atoms with van der Waals surface area (Å²) in [6, 6.07) is 0. The number of carbonyl (C=O) groups excluding carboxylic acids is 1. The molecule has 0 saturated heterocycles. The maximum atomic E-state index is 12.4. The average Bonchev–Trinajstić information content (AvgIpc) is 2.72. The maximum absolute atomic E-state index is 12.4. The number of H-pyrrole nitrogens is 1. The molecule has 0 aliphatic heterocycles. The van der Waals surface area contributed by atoms with Crippen LogP contribution in [0.3, 0.4) is 0 Å². The Morgan fingerprint density at radius 1 is 1.48 bits per heavy atom. The Balaban J connectivity index is 1.99. The van der Waals surface area contributed by atoms with Gasteiger partial charge < -0.3 is 15.4 Å². The Bertz CT molecular complexity index is 803. The summed E-state index contributed by atoms with van der Waals surface area (Å²) in [5, 5.41) is 12.2. The van der Waals surface area contributed by atoms with Gasteiger partial charge in [-0.3, -0.25) is 9.59 Å². The largest absolute Gasteiger partial charge is 0.480 e. The molecular formula is C13H13N3O4S. The van der Waals surface area contributed by atoms with E-state index in [4.69, 9.17) is 0 Å². The van der Waals surface area contributed by atoms with Gasteiger partial charge in [0.15, 0.2) is 0 Å². The van der Waals surface area contributed by atoms with Gasteiger partial charge in [0.25, 0.3) is 11.5 Å². The molecule has 1 aliphatic carbocycles. The van der Waals surface area contributed by atoms with Crippen molar-refractivity contribution in [1.82, 2.24) is 15.3 Å². The van der Waals surface area contributed by atoms with Crippen LogP contribution in [0.4, 0.5) is 0 Å². The highest BCUT2D eigenvalue weighted by Crippen LogP contribution is 2.34. The molecule has 1 fully saturated rings. The van der Waals surface area contributed by atoms with E-state index in [0.29, 0.717) is 33.5 Å². The van der Waals surface area contributed by atoms with E-state index in [2.05, 4.69) is 15.3 Å². The van der Waals surface area contributed by atoms with Crippen molar-refractivity contribution in [3.63, 3.8) is 0 Å². The predicted octanol–water partition coefficient (Wildman–Crippen LogP) is 1.03. The predicted molar refractivity (Wildman–Crippen MR) is 76.7 cm³/mol. The van der Waals surface area contributed by atoms with Gasteiger partial charge in [-0.05, 0) is 31.7 Å². The first-order valence-electron chi connectivity index (χ1n) is 6.47. The van der Waals surface area contributed by atoms with Crippen molar-refractivity contribution in [1.29, 1.82) is 0 Å². The Morgan fingerprint density at radius 3 is 2.71 bits per heavy atom. The van der Waals surface area contributed by atoms with Gasteiger partial charge in [-0.1, -0.05) is 0 Å². The average molecular weight is 307 g/mol. The number of rotatable bonds is 3. The topological polar surface area (TPSA) is 112 Å². The number of fused-ring (bicyclic) bond motifs is 1. The lowest BCUT2D eigenvalue weighted by molar-refractivity contribution is -0.148. The quantitative estimate of drug-likeness (QED) is 0.784. The number of hydrogen-bond acceptors (Lipinski definition) is 5. The van der Waals surface area contributed by atoms with Crippen molar-refractivity contribution in [3.8, 4) is 0 Å². The normalized spacial score (nSPS) is 16.4. The van der Waals surface area contributed by atoms with E-state index >= 15 is 0 Å². The Labute approximate surface area is 123 Å². The third-order valence-electron chi connectivity index (χ3n) is 3.91. The van der Waals surface area contributed by atoms with Crippen molar-refractivity contribution in [3.05, 3.63) is 27.1 Å². The summed E-state index contributed by atoms with van der Waals surface area (Å²) in [5.41, 5.74) is -0.939. The third kappa shape index (κ3) is 2.02. The van der Waals surface area contributed by atoms with Crippen LogP contribution < -0.4 is 10.9 Å². The summed E-state index contributed by atoms with van der Waals surface area (Å²) in [4.78, 5) is 42.8. The Hall–Kier alpha value is -2.22. The monoisotopic (exact) mass is 307 g/mol. The lowest BCUT2D eigenvalue weighted by Gasteiger charge is -2.38. The fourth-order valence-corrected chi connectivity index (χ4v) is 3.54. The molecule has 2 heterocycles. The molecule has 3 N–H and O–H groups in total. The van der Waals surface area contributed by atoms with Crippen LogP contribution >= 0.6 is 11.3 Å². The number of aliphatic carboxylic acids is 1. The summed E-state index contributed by atoms with van der Waals surface area (Å²) in [7, 11) is 0. The van der Waals surface area contributed by atoms with Crippen LogP contribution in [-0.2, 0) is 4.79 Å². The molecule has 3 rings (SSSR count). The number of aromatic nitrogens is 2. The maximum Gasteiger partial charge on any atom is 0.329 e. The molecule has 1 amide bonds. The van der Waals surface area contributed by atoms with Crippen LogP contribution in [0.25, 0.3) is 10.2 Å². The zero-order valence-corrected chi connectivity index (χ0v) is 12.0. The minimum atomic E-state index is -1.17. The van der Waals surface area contributed by atoms with Gasteiger partial charge in [-0.15, -0.1) is 11.3 Å². The molecule has 0 unspecified atom stereocenters. The van der Waals surface area contributed by atoms with E-state index in [9.17, 15) is 19.5 Å². The van der Waals surface area contributed by atoms with E-state index in [-0.39, 0.29) is 5.56 Å². The van der Waals surface area contributed by atoms with E-state index in [0.717, 1.165) is 17.8 Å². The molecule has 21 heavy (non-hydrogen) atoms. The van der Waals surface area contributed by atoms with Gasteiger partial charge in [0, 0.05) is 0 Å². The van der Waals surface area contributed by atoms with Gasteiger partial charge in [0.05, 0.1) is 16.6 Å². The molecule has 7 nitrogen and oxygen atoms in total. The van der Waals surface area contributed by atoms with Gasteiger partial charge in [-0.25, -0.2) is 9.78 Å². The van der Waals surface area contributed by atoms with Gasteiger partial charge in [0.2, 0.25) is 0 Å². The number of aromatic amines is 1. The molecule has 0 radical (unpaired) electrons. The zero-order valence-electron chi connectivity index (χ0n) is 11.2. The summed E-state index contributed by atoms with van der Waals surface area (Å²) in [6.07, 6.45) is 2.92. The van der Waals surface area contributed by atoms with Crippen molar-refractivity contribution < 1.29 is 14.7 Å². The number of amides is 1. The number of carboxylic acids is 1. The van der Waals surface area contributed by atoms with Crippen molar-refractivity contribution in [2.45, 2.75) is 31.7 Å². The van der Waals surface area contributed by atoms with E-state index in [1.807, 2.05) is 0 Å². The van der Waals surface area contributed by atoms with Crippen LogP contribution in [0.2, 0.25) is 0 Å². The fraction of sp³-hybridized carbons (Fsp3) is 0.385. The molecule has 0 aromatic carbocycles. The minimum absolute atomic E-state index is 0.301. The van der Waals surface area contributed by atoms with Crippen molar-refractivity contribution >= 4 is 33.4 Å². The Morgan fingerprint density at radius 2 is 2.19 bits per heavy atom. The summed E-state index contributed by atoms with van der Waals surface area (Å²) < 4.78 is 0. The highest BCUT2D eigenvalue weighted by Gasteiger charge is 2.46. The van der Waals surface area contributed by atoms with Crippen LogP contribution in [0.5, 0.6) is 0 Å². The number of carbonyl (C=O) groups is 2. The SMILES string of the molecule is Cc1c(C(=O)NC2(C(=O)O)CCC2)sc2nc[nH]c(=O)c12. The number of hydrogen-bond donors (Lipinski definition) is 3. The fourth-order valence-electron chi connectivity index (χ4n) is 2.49. The first kappa shape index (κ1) is 13.7. The van der Waals surface area contributed by atoms with Crippen LogP contribution in [0.15, 0.2) is 11.1 Å². The lowest BCUT2D eigenvalue weighted by Crippen LogP contribution is -2.59. The first-order chi connectivity index (χ1) is 9.94. The van der Waals surface area contributed by atoms with Crippen LogP contribution in [-0.4, -0.2) is 32.5 Å². The number of carboxylic acid groups (broad SMARTS) is 1. The Kier molecular flexibility index (Phi) is 3.05. The van der Waals surface area contributed by atoms with E-state index in [1.165, 1.54) is 6.33 Å². The van der Waals surface area contributed by atoms with Crippen LogP contribution in [0.1, 0.15) is 34.5 Å².